The number of rotatable bonds is 8. The van der Waals surface area contributed by atoms with Crippen LogP contribution in [-0.4, -0.2) is 37.9 Å². The Hall–Kier alpha value is -2.98. The summed E-state index contributed by atoms with van der Waals surface area (Å²) in [6.45, 7) is 5.98. The number of amides is 1. The highest BCUT2D eigenvalue weighted by Gasteiger charge is 2.22. The molecule has 0 saturated heterocycles. The minimum Gasteiger partial charge on any atom is -0.383 e. The number of carbonyl (C=O) groups is 1. The Morgan fingerprint density at radius 2 is 1.59 bits per heavy atom. The maximum atomic E-state index is 12.3. The number of hydrogen-bond acceptors (Lipinski definition) is 6. The number of sulfonamides is 1. The van der Waals surface area contributed by atoms with Crippen molar-refractivity contribution < 1.29 is 18.1 Å². The molecule has 0 bridgehead atoms. The van der Waals surface area contributed by atoms with Crippen LogP contribution in [0, 0.1) is 10.1 Å². The van der Waals surface area contributed by atoms with Crippen LogP contribution < -0.4 is 15.4 Å². The molecule has 0 aromatic heterocycles. The number of hydrogen-bond donors (Lipinski definition) is 3. The molecule has 2 rings (SSSR count). The van der Waals surface area contributed by atoms with Crippen LogP contribution in [0.4, 0.5) is 11.4 Å². The fourth-order valence-electron chi connectivity index (χ4n) is 2.43. The molecule has 156 valence electrons. The van der Waals surface area contributed by atoms with Gasteiger partial charge in [-0.05, 0) is 57.2 Å². The minimum absolute atomic E-state index is 0.00649. The predicted octanol–water partition coefficient (Wildman–Crippen LogP) is 2.51. The van der Waals surface area contributed by atoms with Gasteiger partial charge in [-0.25, -0.2) is 13.1 Å². The van der Waals surface area contributed by atoms with Crippen LogP contribution in [-0.2, 0) is 10.0 Å². The summed E-state index contributed by atoms with van der Waals surface area (Å²) in [5, 5.41) is 16.4. The molecule has 0 unspecified atom stereocenters. The number of nitrogens with zero attached hydrogens (tertiary/aromatic N) is 1. The van der Waals surface area contributed by atoms with Gasteiger partial charge in [-0.3, -0.25) is 14.9 Å². The van der Waals surface area contributed by atoms with Crippen LogP contribution in [0.15, 0.2) is 53.4 Å². The molecule has 0 heterocycles. The largest absolute Gasteiger partial charge is 0.383 e. The van der Waals surface area contributed by atoms with Crippen LogP contribution in [0.1, 0.15) is 31.1 Å². The molecule has 0 aliphatic heterocycles. The number of benzene rings is 2. The van der Waals surface area contributed by atoms with E-state index in [0.29, 0.717) is 24.3 Å². The van der Waals surface area contributed by atoms with Crippen LogP contribution >= 0.6 is 0 Å². The lowest BCUT2D eigenvalue weighted by atomic mass is 10.1. The number of nitro groups is 1. The molecule has 3 N–H and O–H groups in total. The molecule has 2 aromatic rings. The zero-order valence-corrected chi connectivity index (χ0v) is 17.2. The van der Waals surface area contributed by atoms with Gasteiger partial charge in [-0.2, -0.15) is 0 Å². The number of nitrogens with one attached hydrogen (secondary N) is 3. The Kier molecular flexibility index (Phi) is 6.93. The summed E-state index contributed by atoms with van der Waals surface area (Å²) in [6, 6.07) is 11.6. The Balaban J connectivity index is 1.85. The van der Waals surface area contributed by atoms with E-state index in [9.17, 15) is 23.3 Å². The first-order valence-corrected chi connectivity index (χ1v) is 10.4. The van der Waals surface area contributed by atoms with Gasteiger partial charge in [0.05, 0.1) is 9.82 Å². The van der Waals surface area contributed by atoms with E-state index in [2.05, 4.69) is 15.4 Å². The van der Waals surface area contributed by atoms with Gasteiger partial charge in [0.15, 0.2) is 0 Å². The smallest absolute Gasteiger partial charge is 0.269 e. The lowest BCUT2D eigenvalue weighted by molar-refractivity contribution is -0.384. The second kappa shape index (κ2) is 9.01. The molecule has 0 fully saturated rings. The van der Waals surface area contributed by atoms with E-state index >= 15 is 0 Å². The molecule has 10 heteroatoms. The summed E-state index contributed by atoms with van der Waals surface area (Å²) in [4.78, 5) is 22.4. The molecule has 1 amide bonds. The highest BCUT2D eigenvalue weighted by atomic mass is 32.2. The number of carbonyl (C=O) groups excluding carboxylic acids is 1. The fourth-order valence-corrected chi connectivity index (χ4v) is 3.85. The highest BCUT2D eigenvalue weighted by molar-refractivity contribution is 7.89. The average molecular weight is 420 g/mol. The summed E-state index contributed by atoms with van der Waals surface area (Å²) in [5.74, 6) is -0.330. The van der Waals surface area contributed by atoms with Crippen molar-refractivity contribution in [1.82, 2.24) is 10.0 Å². The summed E-state index contributed by atoms with van der Waals surface area (Å²) < 4.78 is 27.1. The summed E-state index contributed by atoms with van der Waals surface area (Å²) >= 11 is 0. The van der Waals surface area contributed by atoms with Gasteiger partial charge in [0.25, 0.3) is 11.6 Å². The monoisotopic (exact) mass is 420 g/mol. The molecule has 2 aromatic carbocycles. The topological polar surface area (TPSA) is 130 Å². The van der Waals surface area contributed by atoms with Crippen molar-refractivity contribution in [3.05, 3.63) is 64.2 Å². The van der Waals surface area contributed by atoms with Crippen molar-refractivity contribution in [3.63, 3.8) is 0 Å². The molecule has 9 nitrogen and oxygen atoms in total. The van der Waals surface area contributed by atoms with Crippen LogP contribution in [0.5, 0.6) is 0 Å². The number of nitro benzene ring substituents is 1. The van der Waals surface area contributed by atoms with Crippen LogP contribution in [0.25, 0.3) is 0 Å². The first-order chi connectivity index (χ1) is 13.5. The first kappa shape index (κ1) is 22.3. The molecule has 0 atom stereocenters. The standard InChI is InChI=1S/C19H24N4O5S/c1-19(2,3)22-29(27,28)17-10-4-14(5-11-17)18(24)21-13-12-20-15-6-8-16(9-7-15)23(25)26/h4-11,20,22H,12-13H2,1-3H3,(H,21,24). The summed E-state index contributed by atoms with van der Waals surface area (Å²) in [6.07, 6.45) is 0. The van der Waals surface area contributed by atoms with Crippen LogP contribution in [0.3, 0.4) is 0 Å². The van der Waals surface area contributed by atoms with Gasteiger partial charge < -0.3 is 10.6 Å². The maximum absolute atomic E-state index is 12.3. The molecule has 0 radical (unpaired) electrons. The zero-order chi connectivity index (χ0) is 21.7. The lowest BCUT2D eigenvalue weighted by Gasteiger charge is -2.20. The van der Waals surface area contributed by atoms with Gasteiger partial charge in [-0.15, -0.1) is 0 Å². The van der Waals surface area contributed by atoms with E-state index in [4.69, 9.17) is 0 Å². The molecular formula is C19H24N4O5S. The second-order valence-corrected chi connectivity index (χ2v) is 9.05. The zero-order valence-electron chi connectivity index (χ0n) is 16.4. The van der Waals surface area contributed by atoms with E-state index < -0.39 is 20.5 Å². The van der Waals surface area contributed by atoms with Crippen molar-refractivity contribution in [3.8, 4) is 0 Å². The minimum atomic E-state index is -3.65. The SMILES string of the molecule is CC(C)(C)NS(=O)(=O)c1ccc(C(=O)NCCNc2ccc([N+](=O)[O-])cc2)cc1. The Labute approximate surface area is 169 Å². The predicted molar refractivity (Wildman–Crippen MR) is 110 cm³/mol. The second-order valence-electron chi connectivity index (χ2n) is 7.37. The van der Waals surface area contributed by atoms with Gasteiger partial charge in [-0.1, -0.05) is 0 Å². The maximum Gasteiger partial charge on any atom is 0.269 e. The Morgan fingerprint density at radius 3 is 2.10 bits per heavy atom. The van der Waals surface area contributed by atoms with E-state index in [-0.39, 0.29) is 16.5 Å². The highest BCUT2D eigenvalue weighted by Crippen LogP contribution is 2.15. The normalized spacial score (nSPS) is 11.7. The average Bonchev–Trinajstić information content (AvgIpc) is 2.63. The molecule has 0 spiro atoms. The van der Waals surface area contributed by atoms with Gasteiger partial charge in [0.2, 0.25) is 10.0 Å². The summed E-state index contributed by atoms with van der Waals surface area (Å²) in [7, 11) is -3.65. The van der Waals surface area contributed by atoms with Crippen molar-refractivity contribution in [2.24, 2.45) is 0 Å². The van der Waals surface area contributed by atoms with E-state index in [0.717, 1.165) is 0 Å². The van der Waals surface area contributed by atoms with Gasteiger partial charge in [0, 0.05) is 42.0 Å². The third-order valence-electron chi connectivity index (χ3n) is 3.69. The van der Waals surface area contributed by atoms with E-state index in [1.54, 1.807) is 32.9 Å². The number of non-ortho nitro benzene ring substituents is 1. The Morgan fingerprint density at radius 1 is 1.00 bits per heavy atom. The first-order valence-electron chi connectivity index (χ1n) is 8.88. The molecule has 29 heavy (non-hydrogen) atoms. The number of anilines is 1. The third kappa shape index (κ3) is 6.84. The molecule has 0 aliphatic rings. The molecular weight excluding hydrogens is 396 g/mol. The van der Waals surface area contributed by atoms with E-state index in [1.165, 1.54) is 36.4 Å². The van der Waals surface area contributed by atoms with E-state index in [1.807, 2.05) is 0 Å². The van der Waals surface area contributed by atoms with Crippen molar-refractivity contribution in [1.29, 1.82) is 0 Å². The molecule has 0 aliphatic carbocycles. The van der Waals surface area contributed by atoms with Crippen molar-refractivity contribution in [2.75, 3.05) is 18.4 Å². The van der Waals surface area contributed by atoms with Crippen molar-refractivity contribution >= 4 is 27.3 Å². The van der Waals surface area contributed by atoms with Crippen LogP contribution in [0.2, 0.25) is 0 Å². The lowest BCUT2D eigenvalue weighted by Crippen LogP contribution is -2.40. The fraction of sp³-hybridized carbons (Fsp3) is 0.316. The summed E-state index contributed by atoms with van der Waals surface area (Å²) in [5.41, 5.74) is 0.443. The van der Waals surface area contributed by atoms with Crippen molar-refractivity contribution in [2.45, 2.75) is 31.2 Å². The van der Waals surface area contributed by atoms with Gasteiger partial charge in [0.1, 0.15) is 0 Å². The van der Waals surface area contributed by atoms with Gasteiger partial charge >= 0.3 is 0 Å². The molecule has 0 saturated carbocycles. The Bertz CT molecular complexity index is 965. The quantitative estimate of drug-likeness (QED) is 0.342. The third-order valence-corrected chi connectivity index (χ3v) is 5.46.